The van der Waals surface area contributed by atoms with Crippen LogP contribution in [0.3, 0.4) is 0 Å². The maximum atomic E-state index is 13.6. The Morgan fingerprint density at radius 3 is 2.67 bits per heavy atom. The van der Waals surface area contributed by atoms with Crippen molar-refractivity contribution in [3.8, 4) is 0 Å². The zero-order valence-corrected chi connectivity index (χ0v) is 10.2. The van der Waals surface area contributed by atoms with Crippen LogP contribution in [0.15, 0.2) is 18.2 Å². The van der Waals surface area contributed by atoms with Crippen LogP contribution in [0, 0.1) is 11.6 Å². The Bertz CT molecular complexity index is 439. The molecule has 0 spiro atoms. The molecule has 0 bridgehead atoms. The fourth-order valence-electron chi connectivity index (χ4n) is 1.58. The third-order valence-electron chi connectivity index (χ3n) is 2.68. The van der Waals surface area contributed by atoms with Crippen molar-refractivity contribution in [1.29, 1.82) is 0 Å². The number of aliphatic carboxylic acids is 1. The SMILES string of the molecule is COCCNC(C)(C(=O)O)c1ccc(F)cc1F. The molecule has 0 saturated carbocycles. The number of rotatable bonds is 6. The van der Waals surface area contributed by atoms with Crippen LogP contribution in [0.25, 0.3) is 0 Å². The van der Waals surface area contributed by atoms with Gasteiger partial charge in [-0.15, -0.1) is 0 Å². The highest BCUT2D eigenvalue weighted by atomic mass is 19.1. The highest BCUT2D eigenvalue weighted by Crippen LogP contribution is 2.24. The second-order valence-electron chi connectivity index (χ2n) is 3.97. The number of hydrogen-bond donors (Lipinski definition) is 2. The van der Waals surface area contributed by atoms with Gasteiger partial charge in [-0.1, -0.05) is 6.07 Å². The number of ether oxygens (including phenoxy) is 1. The van der Waals surface area contributed by atoms with Gasteiger partial charge >= 0.3 is 5.97 Å². The third-order valence-corrected chi connectivity index (χ3v) is 2.68. The van der Waals surface area contributed by atoms with Crippen molar-refractivity contribution in [3.05, 3.63) is 35.4 Å². The maximum Gasteiger partial charge on any atom is 0.328 e. The van der Waals surface area contributed by atoms with Gasteiger partial charge in [-0.3, -0.25) is 5.32 Å². The minimum atomic E-state index is -1.63. The van der Waals surface area contributed by atoms with Crippen molar-refractivity contribution >= 4 is 5.97 Å². The molecule has 2 N–H and O–H groups in total. The first-order valence-electron chi connectivity index (χ1n) is 5.34. The lowest BCUT2D eigenvalue weighted by Gasteiger charge is -2.27. The number of hydrogen-bond acceptors (Lipinski definition) is 3. The summed E-state index contributed by atoms with van der Waals surface area (Å²) in [5, 5.41) is 11.9. The van der Waals surface area contributed by atoms with Gasteiger partial charge in [-0.25, -0.2) is 13.6 Å². The van der Waals surface area contributed by atoms with Crippen molar-refractivity contribution in [3.63, 3.8) is 0 Å². The van der Waals surface area contributed by atoms with Crippen LogP contribution < -0.4 is 5.32 Å². The maximum absolute atomic E-state index is 13.6. The van der Waals surface area contributed by atoms with E-state index in [1.807, 2.05) is 0 Å². The van der Waals surface area contributed by atoms with Gasteiger partial charge in [-0.2, -0.15) is 0 Å². The third kappa shape index (κ3) is 3.02. The standard InChI is InChI=1S/C12H15F2NO3/c1-12(11(16)17,15-5-6-18-2)9-4-3-8(13)7-10(9)14/h3-4,7,15H,5-6H2,1-2H3,(H,16,17). The van der Waals surface area contributed by atoms with Gasteiger partial charge in [0.15, 0.2) is 0 Å². The Labute approximate surface area is 104 Å². The van der Waals surface area contributed by atoms with Crippen LogP contribution in [-0.4, -0.2) is 31.3 Å². The van der Waals surface area contributed by atoms with Gasteiger partial charge in [0.05, 0.1) is 6.61 Å². The predicted molar refractivity (Wildman–Crippen MR) is 61.2 cm³/mol. The van der Waals surface area contributed by atoms with Crippen molar-refractivity contribution in [2.24, 2.45) is 0 Å². The van der Waals surface area contributed by atoms with E-state index in [9.17, 15) is 18.7 Å². The van der Waals surface area contributed by atoms with Gasteiger partial charge in [0.1, 0.15) is 17.2 Å². The normalized spacial score (nSPS) is 14.2. The topological polar surface area (TPSA) is 58.6 Å². The minimum Gasteiger partial charge on any atom is -0.480 e. The van der Waals surface area contributed by atoms with E-state index in [4.69, 9.17) is 4.74 Å². The largest absolute Gasteiger partial charge is 0.480 e. The molecule has 1 unspecified atom stereocenters. The van der Waals surface area contributed by atoms with Gasteiger partial charge < -0.3 is 9.84 Å². The lowest BCUT2D eigenvalue weighted by Crippen LogP contribution is -2.48. The van der Waals surface area contributed by atoms with Crippen LogP contribution >= 0.6 is 0 Å². The van der Waals surface area contributed by atoms with Crippen molar-refractivity contribution < 1.29 is 23.4 Å². The number of carboxylic acids is 1. The molecule has 1 rings (SSSR count). The fourth-order valence-corrected chi connectivity index (χ4v) is 1.58. The smallest absolute Gasteiger partial charge is 0.328 e. The second kappa shape index (κ2) is 5.88. The average Bonchev–Trinajstić information content (AvgIpc) is 2.28. The van der Waals surface area contributed by atoms with E-state index in [1.165, 1.54) is 14.0 Å². The molecular weight excluding hydrogens is 244 g/mol. The van der Waals surface area contributed by atoms with Crippen molar-refractivity contribution in [2.75, 3.05) is 20.3 Å². The molecule has 6 heteroatoms. The molecule has 4 nitrogen and oxygen atoms in total. The summed E-state index contributed by atoms with van der Waals surface area (Å²) < 4.78 is 31.2. The van der Waals surface area contributed by atoms with Crippen LogP contribution in [0.4, 0.5) is 8.78 Å². The molecule has 0 radical (unpaired) electrons. The van der Waals surface area contributed by atoms with E-state index < -0.39 is 23.1 Å². The van der Waals surface area contributed by atoms with E-state index >= 15 is 0 Å². The summed E-state index contributed by atoms with van der Waals surface area (Å²) in [5.74, 6) is -2.89. The fraction of sp³-hybridized carbons (Fsp3) is 0.417. The molecule has 0 saturated heterocycles. The molecule has 0 aromatic heterocycles. The van der Waals surface area contributed by atoms with E-state index in [-0.39, 0.29) is 18.7 Å². The highest BCUT2D eigenvalue weighted by Gasteiger charge is 2.37. The molecular formula is C12H15F2NO3. The lowest BCUT2D eigenvalue weighted by molar-refractivity contribution is -0.144. The first-order valence-corrected chi connectivity index (χ1v) is 5.34. The number of methoxy groups -OCH3 is 1. The summed E-state index contributed by atoms with van der Waals surface area (Å²) in [5.41, 5.74) is -1.75. The molecule has 18 heavy (non-hydrogen) atoms. The summed E-state index contributed by atoms with van der Waals surface area (Å²) in [6.45, 7) is 1.84. The quantitative estimate of drug-likeness (QED) is 0.760. The Hall–Kier alpha value is -1.53. The van der Waals surface area contributed by atoms with Crippen molar-refractivity contribution in [2.45, 2.75) is 12.5 Å². The van der Waals surface area contributed by atoms with E-state index in [0.29, 0.717) is 6.07 Å². The Balaban J connectivity index is 3.06. The van der Waals surface area contributed by atoms with Gasteiger partial charge in [0.25, 0.3) is 0 Å². The molecule has 0 amide bonds. The first kappa shape index (κ1) is 14.5. The first-order chi connectivity index (χ1) is 8.41. The van der Waals surface area contributed by atoms with E-state index in [0.717, 1.165) is 12.1 Å². The minimum absolute atomic E-state index is 0.118. The average molecular weight is 259 g/mol. The summed E-state index contributed by atoms with van der Waals surface area (Å²) >= 11 is 0. The van der Waals surface area contributed by atoms with Crippen LogP contribution in [0.1, 0.15) is 12.5 Å². The van der Waals surface area contributed by atoms with Crippen LogP contribution in [0.5, 0.6) is 0 Å². The summed E-state index contributed by atoms with van der Waals surface area (Å²) in [6, 6.07) is 2.81. The summed E-state index contributed by atoms with van der Waals surface area (Å²) in [7, 11) is 1.47. The second-order valence-corrected chi connectivity index (χ2v) is 3.97. The van der Waals surface area contributed by atoms with Crippen molar-refractivity contribution in [1.82, 2.24) is 5.32 Å². The Kier molecular flexibility index (Phi) is 4.75. The molecule has 0 heterocycles. The molecule has 0 aliphatic carbocycles. The van der Waals surface area contributed by atoms with Crippen LogP contribution in [0.2, 0.25) is 0 Å². The molecule has 1 atom stereocenters. The van der Waals surface area contributed by atoms with E-state index in [2.05, 4.69) is 5.32 Å². The molecule has 0 fully saturated rings. The summed E-state index contributed by atoms with van der Waals surface area (Å²) in [4.78, 5) is 11.3. The number of carbonyl (C=O) groups is 1. The van der Waals surface area contributed by atoms with E-state index in [1.54, 1.807) is 0 Å². The monoisotopic (exact) mass is 259 g/mol. The van der Waals surface area contributed by atoms with Crippen LogP contribution in [-0.2, 0) is 15.1 Å². The Morgan fingerprint density at radius 1 is 1.50 bits per heavy atom. The Morgan fingerprint density at radius 2 is 2.17 bits per heavy atom. The predicted octanol–water partition coefficient (Wildman–Crippen LogP) is 1.50. The molecule has 0 aliphatic heterocycles. The number of halogens is 2. The van der Waals surface area contributed by atoms with Gasteiger partial charge in [0.2, 0.25) is 0 Å². The molecule has 1 aromatic carbocycles. The number of carboxylic acid groups (broad SMARTS) is 1. The number of nitrogens with one attached hydrogen (secondary N) is 1. The molecule has 1 aromatic rings. The number of benzene rings is 1. The zero-order chi connectivity index (χ0) is 13.8. The lowest BCUT2D eigenvalue weighted by atomic mass is 9.91. The molecule has 0 aliphatic rings. The van der Waals surface area contributed by atoms with Gasteiger partial charge in [-0.05, 0) is 13.0 Å². The highest BCUT2D eigenvalue weighted by molar-refractivity contribution is 5.80. The summed E-state index contributed by atoms with van der Waals surface area (Å²) in [6.07, 6.45) is 0. The molecule has 100 valence electrons. The zero-order valence-electron chi connectivity index (χ0n) is 10.2. The van der Waals surface area contributed by atoms with Gasteiger partial charge in [0, 0.05) is 25.3 Å².